The molecule has 4 N–H and O–H groups in total. The van der Waals surface area contributed by atoms with Crippen molar-refractivity contribution in [3.8, 4) is 0 Å². The zero-order valence-corrected chi connectivity index (χ0v) is 15.9. The zero-order valence-electron chi connectivity index (χ0n) is 15.9. The van der Waals surface area contributed by atoms with Crippen molar-refractivity contribution in [1.29, 1.82) is 0 Å². The number of hydrogen-bond acceptors (Lipinski definition) is 7. The van der Waals surface area contributed by atoms with Gasteiger partial charge in [0.05, 0.1) is 5.69 Å². The Morgan fingerprint density at radius 1 is 1.18 bits per heavy atom. The van der Waals surface area contributed by atoms with Gasteiger partial charge in [0.1, 0.15) is 11.4 Å². The van der Waals surface area contributed by atoms with Crippen LogP contribution in [0.5, 0.6) is 0 Å². The molecule has 28 heavy (non-hydrogen) atoms. The lowest BCUT2D eigenvalue weighted by atomic mass is 10.1. The lowest BCUT2D eigenvalue weighted by molar-refractivity contribution is 0.0635. The third kappa shape index (κ3) is 6.60. The average molecular weight is 385 g/mol. The second kappa shape index (κ2) is 9.36. The number of carbonyl (C=O) groups is 1. The summed E-state index contributed by atoms with van der Waals surface area (Å²) in [6, 6.07) is 14.0. The minimum Gasteiger partial charge on any atom is -0.444 e. The van der Waals surface area contributed by atoms with Crippen molar-refractivity contribution in [3.05, 3.63) is 59.8 Å². The summed E-state index contributed by atoms with van der Waals surface area (Å²) in [6.45, 7) is 5.33. The molecular weight excluding hydrogens is 362 g/mol. The molecule has 0 aliphatic carbocycles. The van der Waals surface area contributed by atoms with Gasteiger partial charge in [-0.1, -0.05) is 46.7 Å². The minimum atomic E-state index is -0.610. The summed E-state index contributed by atoms with van der Waals surface area (Å²) < 4.78 is 5.19. The first-order valence-corrected chi connectivity index (χ1v) is 8.47. The molecule has 0 saturated carbocycles. The van der Waals surface area contributed by atoms with Crippen molar-refractivity contribution in [1.82, 2.24) is 4.98 Å². The topological polar surface area (TPSA) is 131 Å². The minimum absolute atomic E-state index is 0.0128. The molecule has 1 aromatic carbocycles. The number of rotatable bonds is 6. The smallest absolute Gasteiger partial charge is 0.413 e. The molecule has 2 aromatic rings. The maximum Gasteiger partial charge on any atom is 0.413 e. The Morgan fingerprint density at radius 2 is 1.89 bits per heavy atom. The third-order valence-corrected chi connectivity index (χ3v) is 3.20. The lowest BCUT2D eigenvalue weighted by Gasteiger charge is -2.19. The molecule has 1 aromatic heterocycles. The van der Waals surface area contributed by atoms with E-state index in [-0.39, 0.29) is 18.2 Å². The first-order chi connectivity index (χ1) is 13.3. The first-order valence-electron chi connectivity index (χ1n) is 8.47. The van der Waals surface area contributed by atoms with E-state index in [1.54, 1.807) is 63.2 Å². The van der Waals surface area contributed by atoms with Crippen molar-refractivity contribution in [2.75, 3.05) is 5.32 Å². The van der Waals surface area contributed by atoms with E-state index < -0.39 is 11.7 Å². The Kier molecular flexibility index (Phi) is 6.91. The van der Waals surface area contributed by atoms with Crippen LogP contribution >= 0.6 is 0 Å². The van der Waals surface area contributed by atoms with Crippen LogP contribution in [0, 0.1) is 0 Å². The number of hydrogen-bond donors (Lipinski definition) is 3. The van der Waals surface area contributed by atoms with Crippen LogP contribution in [0.1, 0.15) is 32.0 Å². The predicted molar refractivity (Wildman–Crippen MR) is 105 cm³/mol. The molecular formula is C19H23N5O4. The van der Waals surface area contributed by atoms with E-state index in [1.807, 2.05) is 6.07 Å². The summed E-state index contributed by atoms with van der Waals surface area (Å²) in [5, 5.41) is 18.4. The highest BCUT2D eigenvalue weighted by Gasteiger charge is 2.16. The molecule has 0 fully saturated rings. The molecule has 0 radical (unpaired) electrons. The number of ether oxygens (including phenoxy) is 1. The van der Waals surface area contributed by atoms with Crippen molar-refractivity contribution in [2.24, 2.45) is 16.0 Å². The van der Waals surface area contributed by atoms with E-state index in [2.05, 4.69) is 20.6 Å². The number of pyridine rings is 1. The second-order valence-electron chi connectivity index (χ2n) is 6.71. The van der Waals surface area contributed by atoms with Crippen LogP contribution in [-0.4, -0.2) is 33.4 Å². The van der Waals surface area contributed by atoms with E-state index in [1.165, 1.54) is 0 Å². The fourth-order valence-corrected chi connectivity index (χ4v) is 2.09. The zero-order chi connectivity index (χ0) is 20.6. The van der Waals surface area contributed by atoms with Gasteiger partial charge in [0.15, 0.2) is 18.2 Å². The summed E-state index contributed by atoms with van der Waals surface area (Å²) in [6.07, 6.45) is -0.602. The van der Waals surface area contributed by atoms with Crippen LogP contribution in [0.4, 0.5) is 10.6 Å². The quantitative estimate of drug-likeness (QED) is 0.303. The van der Waals surface area contributed by atoms with Crippen LogP contribution < -0.4 is 11.1 Å². The van der Waals surface area contributed by atoms with E-state index >= 15 is 0 Å². The molecule has 148 valence electrons. The number of carbonyl (C=O) groups excluding carboxylic acids is 1. The molecule has 0 unspecified atom stereocenters. The standard InChI is InChI=1S/C19H23N5O4/c1-19(2,3)28-18(25)22-15-11-7-10-14(21-15)12-27-24-16(17(20)23-26)13-8-5-4-6-9-13/h4-11,26H,12H2,1-3H3,(H2,20,23)(H,21,22,25). The molecule has 0 saturated heterocycles. The molecule has 9 heteroatoms. The number of oxime groups is 2. The predicted octanol–water partition coefficient (Wildman–Crippen LogP) is 3.10. The van der Waals surface area contributed by atoms with Gasteiger partial charge in [0.25, 0.3) is 0 Å². The molecule has 1 amide bonds. The van der Waals surface area contributed by atoms with E-state index in [9.17, 15) is 4.79 Å². The number of aromatic nitrogens is 1. The first kappa shape index (κ1) is 20.7. The number of nitrogens with one attached hydrogen (secondary N) is 1. The summed E-state index contributed by atoms with van der Waals surface area (Å²) >= 11 is 0. The maximum absolute atomic E-state index is 11.8. The van der Waals surface area contributed by atoms with Gasteiger partial charge in [0, 0.05) is 5.56 Å². The molecule has 0 aliphatic rings. The van der Waals surface area contributed by atoms with E-state index in [0.29, 0.717) is 17.1 Å². The van der Waals surface area contributed by atoms with Crippen LogP contribution in [0.3, 0.4) is 0 Å². The SMILES string of the molecule is CC(C)(C)OC(=O)Nc1cccc(CON=C(C(N)=NO)c2ccccc2)n1. The summed E-state index contributed by atoms with van der Waals surface area (Å²) in [5.74, 6) is 0.138. The van der Waals surface area contributed by atoms with Crippen molar-refractivity contribution in [3.63, 3.8) is 0 Å². The number of nitrogens with zero attached hydrogens (tertiary/aromatic N) is 3. The number of amides is 1. The summed E-state index contributed by atoms with van der Waals surface area (Å²) in [5.41, 5.74) is 6.40. The molecule has 9 nitrogen and oxygen atoms in total. The van der Waals surface area contributed by atoms with Crippen LogP contribution in [0.25, 0.3) is 0 Å². The van der Waals surface area contributed by atoms with Crippen molar-refractivity contribution >= 4 is 23.5 Å². The highest BCUT2D eigenvalue weighted by Crippen LogP contribution is 2.11. The number of benzene rings is 1. The fraction of sp³-hybridized carbons (Fsp3) is 0.263. The lowest BCUT2D eigenvalue weighted by Crippen LogP contribution is -2.27. The Labute approximate surface area is 162 Å². The van der Waals surface area contributed by atoms with Crippen LogP contribution in [0.2, 0.25) is 0 Å². The fourth-order valence-electron chi connectivity index (χ4n) is 2.09. The highest BCUT2D eigenvalue weighted by molar-refractivity contribution is 6.46. The van der Waals surface area contributed by atoms with E-state index in [4.69, 9.17) is 20.5 Å². The molecule has 0 spiro atoms. The Balaban J connectivity index is 2.05. The second-order valence-corrected chi connectivity index (χ2v) is 6.71. The molecule has 2 rings (SSSR count). The van der Waals surface area contributed by atoms with Crippen molar-refractivity contribution < 1.29 is 19.6 Å². The van der Waals surface area contributed by atoms with Crippen LogP contribution in [0.15, 0.2) is 58.8 Å². The number of anilines is 1. The van der Waals surface area contributed by atoms with Crippen LogP contribution in [-0.2, 0) is 16.2 Å². The normalized spacial score (nSPS) is 12.4. The summed E-state index contributed by atoms with van der Waals surface area (Å²) in [7, 11) is 0. The van der Waals surface area contributed by atoms with Gasteiger partial charge in [-0.3, -0.25) is 5.32 Å². The summed E-state index contributed by atoms with van der Waals surface area (Å²) in [4.78, 5) is 21.4. The van der Waals surface area contributed by atoms with Crippen molar-refractivity contribution in [2.45, 2.75) is 33.0 Å². The molecule has 0 bridgehead atoms. The van der Waals surface area contributed by atoms with Gasteiger partial charge in [0.2, 0.25) is 0 Å². The highest BCUT2D eigenvalue weighted by atomic mass is 16.6. The largest absolute Gasteiger partial charge is 0.444 e. The third-order valence-electron chi connectivity index (χ3n) is 3.20. The molecule has 1 heterocycles. The van der Waals surface area contributed by atoms with Gasteiger partial charge in [-0.15, -0.1) is 0 Å². The molecule has 0 aliphatic heterocycles. The Morgan fingerprint density at radius 3 is 2.54 bits per heavy atom. The Hall–Kier alpha value is -3.62. The Bertz CT molecular complexity index is 860. The monoisotopic (exact) mass is 385 g/mol. The van der Waals surface area contributed by atoms with Gasteiger partial charge >= 0.3 is 6.09 Å². The van der Waals surface area contributed by atoms with Gasteiger partial charge < -0.3 is 20.5 Å². The number of amidine groups is 1. The van der Waals surface area contributed by atoms with Gasteiger partial charge in [-0.25, -0.2) is 9.78 Å². The van der Waals surface area contributed by atoms with Gasteiger partial charge in [-0.2, -0.15) is 0 Å². The van der Waals surface area contributed by atoms with E-state index in [0.717, 1.165) is 0 Å². The number of nitrogens with two attached hydrogens (primary N) is 1. The van der Waals surface area contributed by atoms with Gasteiger partial charge in [-0.05, 0) is 32.9 Å². The maximum atomic E-state index is 11.8. The average Bonchev–Trinajstić information content (AvgIpc) is 2.64. The molecule has 0 atom stereocenters.